The predicted molar refractivity (Wildman–Crippen MR) is 151 cm³/mol. The summed E-state index contributed by atoms with van der Waals surface area (Å²) in [5, 5.41) is 12.6. The number of carbonyl (C=O) groups excluding carboxylic acids is 4. The number of amides is 4. The standard InChI is InChI=1S/C29H37N5O8/c1-3-4-14-41-29(40)33-12-10-32(11-13-33)25(35)17-30-27(37)22-16-24(20-8-7-19(2)15-21(20)31-22)42-18-26(36)34-9-5-6-23(34)28(38)39/h7-8,15-16,23H,3-6,9-14,17-18H2,1-2H3,(H,30,37)(H,38,39). The summed E-state index contributed by atoms with van der Waals surface area (Å²) in [6.07, 6.45) is 2.33. The number of piperazine rings is 1. The Kier molecular flexibility index (Phi) is 10.2. The van der Waals surface area contributed by atoms with E-state index in [1.165, 1.54) is 11.0 Å². The Bertz CT molecular complexity index is 1340. The van der Waals surface area contributed by atoms with Gasteiger partial charge in [0.05, 0.1) is 18.7 Å². The van der Waals surface area contributed by atoms with Crippen molar-refractivity contribution in [1.82, 2.24) is 25.0 Å². The summed E-state index contributed by atoms with van der Waals surface area (Å²) in [5.41, 5.74) is 1.38. The number of benzene rings is 1. The smallest absolute Gasteiger partial charge is 0.409 e. The number of pyridine rings is 1. The summed E-state index contributed by atoms with van der Waals surface area (Å²) < 4.78 is 11.0. The topological polar surface area (TPSA) is 159 Å². The van der Waals surface area contributed by atoms with E-state index in [9.17, 15) is 29.1 Å². The van der Waals surface area contributed by atoms with Crippen LogP contribution in [0.5, 0.6) is 5.75 Å². The Labute approximate surface area is 243 Å². The van der Waals surface area contributed by atoms with E-state index < -0.39 is 30.4 Å². The number of hydrogen-bond acceptors (Lipinski definition) is 8. The molecule has 3 heterocycles. The molecule has 2 aliphatic rings. The van der Waals surface area contributed by atoms with E-state index in [-0.39, 0.29) is 30.0 Å². The minimum absolute atomic E-state index is 0.00702. The number of carboxylic acid groups (broad SMARTS) is 1. The maximum atomic E-state index is 13.0. The first-order valence-electron chi connectivity index (χ1n) is 14.2. The van der Waals surface area contributed by atoms with Gasteiger partial charge in [-0.05, 0) is 43.9 Å². The number of nitrogens with one attached hydrogen (secondary N) is 1. The summed E-state index contributed by atoms with van der Waals surface area (Å²) in [6, 6.07) is 5.94. The third kappa shape index (κ3) is 7.45. The molecule has 13 heteroatoms. The fourth-order valence-corrected chi connectivity index (χ4v) is 4.98. The van der Waals surface area contributed by atoms with Gasteiger partial charge >= 0.3 is 12.1 Å². The molecule has 2 N–H and O–H groups in total. The van der Waals surface area contributed by atoms with Crippen LogP contribution in [0.3, 0.4) is 0 Å². The highest BCUT2D eigenvalue weighted by Gasteiger charge is 2.34. The number of rotatable bonds is 10. The minimum Gasteiger partial charge on any atom is -0.483 e. The first kappa shape index (κ1) is 30.5. The molecule has 2 fully saturated rings. The lowest BCUT2D eigenvalue weighted by Crippen LogP contribution is -2.52. The van der Waals surface area contributed by atoms with Crippen LogP contribution in [0.1, 0.15) is 48.7 Å². The van der Waals surface area contributed by atoms with Gasteiger partial charge in [0.1, 0.15) is 17.5 Å². The maximum Gasteiger partial charge on any atom is 0.409 e. The van der Waals surface area contributed by atoms with Crippen molar-refractivity contribution in [1.29, 1.82) is 0 Å². The van der Waals surface area contributed by atoms with Crippen molar-refractivity contribution in [2.45, 2.75) is 45.6 Å². The number of aliphatic carboxylic acids is 1. The predicted octanol–water partition coefficient (Wildman–Crippen LogP) is 1.81. The number of carbonyl (C=O) groups is 5. The molecule has 1 atom stereocenters. The zero-order valence-corrected chi connectivity index (χ0v) is 24.0. The number of aryl methyl sites for hydroxylation is 1. The molecule has 2 aliphatic heterocycles. The van der Waals surface area contributed by atoms with Crippen molar-refractivity contribution in [3.63, 3.8) is 0 Å². The van der Waals surface area contributed by atoms with Gasteiger partial charge in [-0.25, -0.2) is 14.6 Å². The number of ether oxygens (including phenoxy) is 2. The van der Waals surface area contributed by atoms with Gasteiger partial charge in [-0.3, -0.25) is 14.4 Å². The minimum atomic E-state index is -1.05. The first-order chi connectivity index (χ1) is 20.2. The maximum absolute atomic E-state index is 13.0. The lowest BCUT2D eigenvalue weighted by Gasteiger charge is -2.34. The first-order valence-corrected chi connectivity index (χ1v) is 14.2. The summed E-state index contributed by atoms with van der Waals surface area (Å²) in [7, 11) is 0. The second-order valence-corrected chi connectivity index (χ2v) is 10.4. The van der Waals surface area contributed by atoms with Crippen LogP contribution < -0.4 is 10.1 Å². The molecule has 1 aromatic heterocycles. The van der Waals surface area contributed by atoms with E-state index >= 15 is 0 Å². The molecule has 1 aromatic carbocycles. The molecule has 0 saturated carbocycles. The van der Waals surface area contributed by atoms with Crippen LogP contribution in [0, 0.1) is 6.92 Å². The highest BCUT2D eigenvalue weighted by Crippen LogP contribution is 2.27. The number of fused-ring (bicyclic) bond motifs is 1. The summed E-state index contributed by atoms with van der Waals surface area (Å²) in [5.74, 6) is -2.14. The Morgan fingerprint density at radius 3 is 2.48 bits per heavy atom. The molecular formula is C29H37N5O8. The molecule has 2 saturated heterocycles. The quantitative estimate of drug-likeness (QED) is 0.398. The van der Waals surface area contributed by atoms with E-state index in [2.05, 4.69) is 10.3 Å². The second kappa shape index (κ2) is 14.0. The van der Waals surface area contributed by atoms with Gasteiger partial charge in [-0.2, -0.15) is 0 Å². The van der Waals surface area contributed by atoms with Crippen molar-refractivity contribution < 1.29 is 38.6 Å². The second-order valence-electron chi connectivity index (χ2n) is 10.4. The summed E-state index contributed by atoms with van der Waals surface area (Å²) in [6.45, 7) is 5.31. The van der Waals surface area contributed by atoms with E-state index in [0.717, 1.165) is 18.4 Å². The lowest BCUT2D eigenvalue weighted by molar-refractivity contribution is -0.148. The molecule has 1 unspecified atom stereocenters. The van der Waals surface area contributed by atoms with Gasteiger partial charge in [0.2, 0.25) is 5.91 Å². The number of unbranched alkanes of at least 4 members (excludes halogenated alkanes) is 1. The Morgan fingerprint density at radius 1 is 1.02 bits per heavy atom. The van der Waals surface area contributed by atoms with Crippen LogP contribution in [0.15, 0.2) is 24.3 Å². The van der Waals surface area contributed by atoms with E-state index in [1.807, 2.05) is 19.9 Å². The molecular weight excluding hydrogens is 546 g/mol. The van der Waals surface area contributed by atoms with Crippen LogP contribution >= 0.6 is 0 Å². The van der Waals surface area contributed by atoms with E-state index in [1.54, 1.807) is 21.9 Å². The molecule has 0 spiro atoms. The zero-order chi connectivity index (χ0) is 30.2. The molecule has 0 radical (unpaired) electrons. The SMILES string of the molecule is CCCCOC(=O)N1CCN(C(=O)CNC(=O)c2cc(OCC(=O)N3CCCC3C(=O)O)c3ccc(C)cc3n2)CC1. The van der Waals surface area contributed by atoms with Crippen molar-refractivity contribution in [3.05, 3.63) is 35.5 Å². The van der Waals surface area contributed by atoms with E-state index in [4.69, 9.17) is 9.47 Å². The van der Waals surface area contributed by atoms with Crippen molar-refractivity contribution in [2.24, 2.45) is 0 Å². The Morgan fingerprint density at radius 2 is 1.76 bits per heavy atom. The zero-order valence-electron chi connectivity index (χ0n) is 24.0. The average Bonchev–Trinajstić information content (AvgIpc) is 3.49. The molecule has 2 aromatic rings. The molecule has 0 bridgehead atoms. The highest BCUT2D eigenvalue weighted by atomic mass is 16.6. The van der Waals surface area contributed by atoms with Crippen LogP contribution in [0.4, 0.5) is 4.79 Å². The number of aromatic nitrogens is 1. The van der Waals surface area contributed by atoms with Crippen molar-refractivity contribution >= 4 is 40.7 Å². The van der Waals surface area contributed by atoms with E-state index in [0.29, 0.717) is 63.1 Å². The van der Waals surface area contributed by atoms with Gasteiger partial charge in [-0.15, -0.1) is 0 Å². The van der Waals surface area contributed by atoms with Crippen LogP contribution in [-0.2, 0) is 19.1 Å². The third-order valence-corrected chi connectivity index (χ3v) is 7.38. The summed E-state index contributed by atoms with van der Waals surface area (Å²) in [4.78, 5) is 71.1. The van der Waals surface area contributed by atoms with Crippen LogP contribution in [-0.4, -0.2) is 113 Å². The molecule has 4 rings (SSSR count). The van der Waals surface area contributed by atoms with Crippen molar-refractivity contribution in [3.8, 4) is 5.75 Å². The molecule has 226 valence electrons. The third-order valence-electron chi connectivity index (χ3n) is 7.38. The number of nitrogens with zero attached hydrogens (tertiary/aromatic N) is 4. The van der Waals surface area contributed by atoms with Gasteiger partial charge in [0.15, 0.2) is 6.61 Å². The van der Waals surface area contributed by atoms with Crippen molar-refractivity contribution in [2.75, 3.05) is 52.5 Å². The summed E-state index contributed by atoms with van der Waals surface area (Å²) >= 11 is 0. The van der Waals surface area contributed by atoms with Crippen LogP contribution in [0.25, 0.3) is 10.9 Å². The Balaban J connectivity index is 1.36. The van der Waals surface area contributed by atoms with Gasteiger partial charge < -0.3 is 34.6 Å². The molecule has 42 heavy (non-hydrogen) atoms. The fourth-order valence-electron chi connectivity index (χ4n) is 4.98. The number of likely N-dealkylation sites (tertiary alicyclic amines) is 1. The molecule has 13 nitrogen and oxygen atoms in total. The number of carboxylic acids is 1. The number of hydrogen-bond donors (Lipinski definition) is 2. The molecule has 0 aliphatic carbocycles. The lowest BCUT2D eigenvalue weighted by atomic mass is 10.1. The van der Waals surface area contributed by atoms with Crippen LogP contribution in [0.2, 0.25) is 0 Å². The Hall–Kier alpha value is -4.42. The normalized spacial score (nSPS) is 16.8. The van der Waals surface area contributed by atoms with Gasteiger partial charge in [0.25, 0.3) is 11.8 Å². The monoisotopic (exact) mass is 583 g/mol. The largest absolute Gasteiger partial charge is 0.483 e. The molecule has 4 amide bonds. The van der Waals surface area contributed by atoms with Gasteiger partial charge in [-0.1, -0.05) is 19.4 Å². The highest BCUT2D eigenvalue weighted by molar-refractivity contribution is 5.98. The average molecular weight is 584 g/mol. The van der Waals surface area contributed by atoms with Gasteiger partial charge in [0, 0.05) is 44.2 Å². The fraction of sp³-hybridized carbons (Fsp3) is 0.517.